The van der Waals surface area contributed by atoms with E-state index in [9.17, 15) is 9.59 Å². The lowest BCUT2D eigenvalue weighted by Crippen LogP contribution is -2.41. The number of carbonyl (C=O) groups is 1. The molecule has 3 N–H and O–H groups in total. The fourth-order valence-corrected chi connectivity index (χ4v) is 5.11. The second-order valence-electron chi connectivity index (χ2n) is 9.15. The first-order chi connectivity index (χ1) is 16.4. The van der Waals surface area contributed by atoms with Crippen LogP contribution in [0.1, 0.15) is 48.5 Å². The molecule has 0 saturated heterocycles. The number of nitrogens with zero attached hydrogens (tertiary/aromatic N) is 1. The van der Waals surface area contributed by atoms with Gasteiger partial charge in [-0.25, -0.2) is 0 Å². The summed E-state index contributed by atoms with van der Waals surface area (Å²) >= 11 is 5.52. The van der Waals surface area contributed by atoms with Gasteiger partial charge in [-0.15, -0.1) is 0 Å². The highest BCUT2D eigenvalue weighted by atomic mass is 32.1. The number of benzene rings is 2. The van der Waals surface area contributed by atoms with Gasteiger partial charge in [0.05, 0.1) is 19.2 Å². The van der Waals surface area contributed by atoms with E-state index in [4.69, 9.17) is 17.0 Å². The van der Waals surface area contributed by atoms with E-state index in [-0.39, 0.29) is 17.5 Å². The summed E-state index contributed by atoms with van der Waals surface area (Å²) in [4.78, 5) is 32.4. The minimum absolute atomic E-state index is 0.0466. The third-order valence-corrected chi connectivity index (χ3v) is 7.25. The van der Waals surface area contributed by atoms with Crippen molar-refractivity contribution in [3.05, 3.63) is 68.7 Å². The first kappa shape index (κ1) is 22.4. The van der Waals surface area contributed by atoms with E-state index in [2.05, 4.69) is 22.2 Å². The smallest absolute Gasteiger partial charge is 0.278 e. The highest BCUT2D eigenvalue weighted by Gasteiger charge is 2.23. The number of H-pyrrole nitrogens is 2. The van der Waals surface area contributed by atoms with Crippen molar-refractivity contribution in [1.29, 1.82) is 0 Å². The molecule has 0 unspecified atom stereocenters. The summed E-state index contributed by atoms with van der Waals surface area (Å²) in [6.07, 6.45) is 4.60. The SMILES string of the molecule is COc1ccc2[nH]c3c(=O)n(Cc4ccc(C(=O)N[C@@H]5CCCC[C@H]5C)cc4)c(=S)[nH]c3c2c1. The maximum absolute atomic E-state index is 13.3. The maximum Gasteiger partial charge on any atom is 0.278 e. The fourth-order valence-electron chi connectivity index (χ4n) is 4.86. The third-order valence-electron chi connectivity index (χ3n) is 6.93. The molecule has 0 aliphatic heterocycles. The summed E-state index contributed by atoms with van der Waals surface area (Å²) in [7, 11) is 1.61. The number of fused-ring (bicyclic) bond motifs is 3. The molecule has 34 heavy (non-hydrogen) atoms. The number of rotatable bonds is 5. The lowest BCUT2D eigenvalue weighted by Gasteiger charge is -2.29. The van der Waals surface area contributed by atoms with Gasteiger partial charge in [-0.05, 0) is 66.9 Å². The molecule has 1 fully saturated rings. The van der Waals surface area contributed by atoms with Crippen molar-refractivity contribution in [3.8, 4) is 5.75 Å². The van der Waals surface area contributed by atoms with E-state index >= 15 is 0 Å². The van der Waals surface area contributed by atoms with Crippen LogP contribution in [0.2, 0.25) is 0 Å². The molecule has 0 spiro atoms. The highest BCUT2D eigenvalue weighted by Crippen LogP contribution is 2.26. The molecule has 5 rings (SSSR count). The van der Waals surface area contributed by atoms with E-state index in [0.29, 0.717) is 39.6 Å². The number of aromatic nitrogens is 3. The molecule has 1 saturated carbocycles. The number of hydrogen-bond donors (Lipinski definition) is 3. The molecular weight excluding hydrogens is 448 g/mol. The Hall–Kier alpha value is -3.39. The van der Waals surface area contributed by atoms with Crippen LogP contribution in [0.15, 0.2) is 47.3 Å². The first-order valence-electron chi connectivity index (χ1n) is 11.7. The van der Waals surface area contributed by atoms with E-state index in [1.807, 2.05) is 42.5 Å². The number of aromatic amines is 2. The summed E-state index contributed by atoms with van der Waals surface area (Å²) < 4.78 is 7.19. The van der Waals surface area contributed by atoms with Crippen LogP contribution in [0, 0.1) is 10.7 Å². The van der Waals surface area contributed by atoms with Gasteiger partial charge in [-0.2, -0.15) is 0 Å². The number of ether oxygens (including phenoxy) is 1. The predicted octanol–water partition coefficient (Wildman–Crippen LogP) is 4.91. The zero-order chi connectivity index (χ0) is 23.8. The molecular formula is C26H28N4O3S. The number of amides is 1. The van der Waals surface area contributed by atoms with Crippen LogP contribution >= 0.6 is 12.2 Å². The standard InChI is InChI=1S/C26H28N4O3S/c1-15-5-3-4-6-20(15)28-24(31)17-9-7-16(8-10-17)14-30-25(32)23-22(29-26(30)34)19-13-18(33-2)11-12-21(19)27-23/h7-13,15,20,27H,3-6,14H2,1-2H3,(H,28,31)(H,29,34)/t15-,20-/m1/s1. The van der Waals surface area contributed by atoms with Crippen LogP contribution in [0.3, 0.4) is 0 Å². The number of nitrogens with one attached hydrogen (secondary N) is 3. The third kappa shape index (κ3) is 4.14. The van der Waals surface area contributed by atoms with Gasteiger partial charge in [0.25, 0.3) is 11.5 Å². The van der Waals surface area contributed by atoms with Crippen LogP contribution < -0.4 is 15.6 Å². The molecule has 1 amide bonds. The molecule has 2 heterocycles. The Kier molecular flexibility index (Phi) is 6.00. The molecule has 1 aliphatic rings. The number of carbonyl (C=O) groups excluding carboxylic acids is 1. The van der Waals surface area contributed by atoms with E-state index in [1.54, 1.807) is 7.11 Å². The van der Waals surface area contributed by atoms with Crippen LogP contribution in [0.25, 0.3) is 21.9 Å². The second-order valence-corrected chi connectivity index (χ2v) is 9.53. The Morgan fingerprint density at radius 3 is 2.62 bits per heavy atom. The average Bonchev–Trinajstić information content (AvgIpc) is 3.21. The van der Waals surface area contributed by atoms with Crippen molar-refractivity contribution in [2.24, 2.45) is 5.92 Å². The normalized spacial score (nSPS) is 18.3. The quantitative estimate of drug-likeness (QED) is 0.357. The summed E-state index contributed by atoms with van der Waals surface area (Å²) in [5, 5.41) is 4.04. The lowest BCUT2D eigenvalue weighted by molar-refractivity contribution is 0.0910. The molecule has 2 aromatic carbocycles. The van der Waals surface area contributed by atoms with Gasteiger partial charge in [0.2, 0.25) is 0 Å². The molecule has 0 radical (unpaired) electrons. The van der Waals surface area contributed by atoms with Crippen molar-refractivity contribution in [1.82, 2.24) is 19.9 Å². The van der Waals surface area contributed by atoms with Crippen molar-refractivity contribution >= 4 is 40.1 Å². The van der Waals surface area contributed by atoms with Gasteiger partial charge in [0.15, 0.2) is 4.77 Å². The Labute approximate surface area is 202 Å². The van der Waals surface area contributed by atoms with Gasteiger partial charge < -0.3 is 20.0 Å². The van der Waals surface area contributed by atoms with Crippen molar-refractivity contribution in [2.45, 2.75) is 45.2 Å². The molecule has 1 aliphatic carbocycles. The summed E-state index contributed by atoms with van der Waals surface area (Å²) in [6.45, 7) is 2.51. The molecule has 2 aromatic heterocycles. The zero-order valence-electron chi connectivity index (χ0n) is 19.3. The van der Waals surface area contributed by atoms with Crippen molar-refractivity contribution in [2.75, 3.05) is 7.11 Å². The maximum atomic E-state index is 13.3. The van der Waals surface area contributed by atoms with E-state index in [1.165, 1.54) is 11.0 Å². The minimum Gasteiger partial charge on any atom is -0.497 e. The van der Waals surface area contributed by atoms with Crippen molar-refractivity contribution in [3.63, 3.8) is 0 Å². The van der Waals surface area contributed by atoms with Gasteiger partial charge >= 0.3 is 0 Å². The largest absolute Gasteiger partial charge is 0.497 e. The van der Waals surface area contributed by atoms with Crippen LogP contribution in [-0.2, 0) is 6.54 Å². The first-order valence-corrected chi connectivity index (χ1v) is 12.1. The highest BCUT2D eigenvalue weighted by molar-refractivity contribution is 7.71. The topological polar surface area (TPSA) is 91.9 Å². The Morgan fingerprint density at radius 2 is 1.88 bits per heavy atom. The Balaban J connectivity index is 1.39. The van der Waals surface area contributed by atoms with Crippen molar-refractivity contribution < 1.29 is 9.53 Å². The van der Waals surface area contributed by atoms with E-state index < -0.39 is 0 Å². The average molecular weight is 477 g/mol. The molecule has 4 aromatic rings. The molecule has 7 nitrogen and oxygen atoms in total. The van der Waals surface area contributed by atoms with Gasteiger partial charge in [0, 0.05) is 22.5 Å². The molecule has 0 bridgehead atoms. The van der Waals surface area contributed by atoms with Crippen LogP contribution in [0.5, 0.6) is 5.75 Å². The monoisotopic (exact) mass is 476 g/mol. The Morgan fingerprint density at radius 1 is 1.12 bits per heavy atom. The molecule has 8 heteroatoms. The number of methoxy groups -OCH3 is 1. The van der Waals surface area contributed by atoms with Gasteiger partial charge in [0.1, 0.15) is 11.3 Å². The van der Waals surface area contributed by atoms with Crippen LogP contribution in [0.4, 0.5) is 0 Å². The van der Waals surface area contributed by atoms with E-state index in [0.717, 1.165) is 35.7 Å². The molecule has 176 valence electrons. The summed E-state index contributed by atoms with van der Waals surface area (Å²) in [6, 6.07) is 13.2. The second kappa shape index (κ2) is 9.10. The lowest BCUT2D eigenvalue weighted by atomic mass is 9.86. The predicted molar refractivity (Wildman–Crippen MR) is 136 cm³/mol. The van der Waals surface area contributed by atoms with Gasteiger partial charge in [-0.1, -0.05) is 31.9 Å². The zero-order valence-corrected chi connectivity index (χ0v) is 20.1. The number of hydrogen-bond acceptors (Lipinski definition) is 4. The van der Waals surface area contributed by atoms with Crippen LogP contribution in [-0.4, -0.2) is 33.6 Å². The fraction of sp³-hybridized carbons (Fsp3) is 0.346. The van der Waals surface area contributed by atoms with Gasteiger partial charge in [-0.3, -0.25) is 14.2 Å². The minimum atomic E-state index is -0.193. The summed E-state index contributed by atoms with van der Waals surface area (Å²) in [5.41, 5.74) is 3.29. The molecule has 2 atom stereocenters. The summed E-state index contributed by atoms with van der Waals surface area (Å²) in [5.74, 6) is 1.17. The Bertz CT molecular complexity index is 1480.